The second kappa shape index (κ2) is 18.7. The van der Waals surface area contributed by atoms with Gasteiger partial charge in [0.25, 0.3) is 5.91 Å². The number of nitrogens with zero attached hydrogens (tertiary/aromatic N) is 4. The quantitative estimate of drug-likeness (QED) is 0.0766. The number of pyridine rings is 1. The van der Waals surface area contributed by atoms with Gasteiger partial charge in [-0.15, -0.1) is 0 Å². The molecule has 3 amide bonds. The number of methoxy groups -OCH3 is 1. The Morgan fingerprint density at radius 2 is 1.93 bits per heavy atom. The lowest BCUT2D eigenvalue weighted by Gasteiger charge is -2.36. The largest absolute Gasteiger partial charge is 0.508 e. The SMILES string of the molecule is CCn1c(-c2cnccc2COC)c2c3cc(ccc31)-c1cc(O)cc(c1)C[C@H](NC(=O)[C@H](C(C)C)N(C)C(=O)CNC(=N)N)C(=O)N1CCC[C@H](N1)C(=O)OCC(C)(C)C2. The van der Waals surface area contributed by atoms with Gasteiger partial charge >= 0.3 is 5.97 Å². The van der Waals surface area contributed by atoms with Crippen LogP contribution in [0.3, 0.4) is 0 Å². The van der Waals surface area contributed by atoms with Crippen molar-refractivity contribution < 1.29 is 33.8 Å². The maximum Gasteiger partial charge on any atom is 0.324 e. The van der Waals surface area contributed by atoms with Gasteiger partial charge in [0.15, 0.2) is 5.96 Å². The third-order valence-electron chi connectivity index (χ3n) is 11.5. The number of nitrogens with one attached hydrogen (secondary N) is 4. The average molecular weight is 838 g/mol. The topological polar surface area (TPSA) is 217 Å². The zero-order chi connectivity index (χ0) is 44.2. The number of aromatic nitrogens is 2. The molecule has 0 aliphatic carbocycles. The first-order valence-corrected chi connectivity index (χ1v) is 20.8. The van der Waals surface area contributed by atoms with Crippen molar-refractivity contribution >= 4 is 40.6 Å². The van der Waals surface area contributed by atoms with E-state index in [-0.39, 0.29) is 43.7 Å². The fourth-order valence-electron chi connectivity index (χ4n) is 8.56. The lowest BCUT2D eigenvalue weighted by molar-refractivity contribution is -0.155. The Balaban J connectivity index is 1.48. The Morgan fingerprint density at radius 1 is 1.16 bits per heavy atom. The van der Waals surface area contributed by atoms with Crippen molar-refractivity contribution in [2.24, 2.45) is 17.1 Å². The van der Waals surface area contributed by atoms with Crippen LogP contribution in [0.25, 0.3) is 33.3 Å². The number of aryl methyl sites for hydroxylation is 1. The number of phenolic OH excluding ortho intramolecular Hbond substituents is 1. The number of hydrogen-bond donors (Lipinski definition) is 6. The highest BCUT2D eigenvalue weighted by Gasteiger charge is 2.37. The van der Waals surface area contributed by atoms with E-state index in [4.69, 9.17) is 20.6 Å². The number of cyclic esters (lactones) is 1. The number of hydrazine groups is 1. The number of esters is 1. The van der Waals surface area contributed by atoms with Gasteiger partial charge in [-0.25, -0.2) is 5.43 Å². The van der Waals surface area contributed by atoms with Crippen molar-refractivity contribution in [2.75, 3.05) is 33.9 Å². The molecule has 1 fully saturated rings. The molecule has 4 aromatic rings. The molecule has 61 heavy (non-hydrogen) atoms. The predicted octanol–water partition coefficient (Wildman–Crippen LogP) is 3.86. The Labute approximate surface area is 356 Å². The minimum absolute atomic E-state index is 0.0189. The molecule has 6 rings (SSSR count). The maximum absolute atomic E-state index is 14.5. The summed E-state index contributed by atoms with van der Waals surface area (Å²) in [6.45, 7) is 11.0. The maximum atomic E-state index is 14.5. The number of carbonyl (C=O) groups excluding carboxylic acids is 4. The summed E-state index contributed by atoms with van der Waals surface area (Å²) < 4.78 is 13.9. The van der Waals surface area contributed by atoms with Gasteiger partial charge in [0, 0.05) is 67.9 Å². The number of benzene rings is 2. The zero-order valence-corrected chi connectivity index (χ0v) is 36.1. The second-order valence-corrected chi connectivity index (χ2v) is 17.1. The molecule has 2 aliphatic heterocycles. The van der Waals surface area contributed by atoms with Crippen molar-refractivity contribution in [1.29, 1.82) is 5.41 Å². The number of phenols is 1. The van der Waals surface area contributed by atoms with Crippen LogP contribution in [0.1, 0.15) is 64.2 Å². The molecule has 0 saturated carbocycles. The summed E-state index contributed by atoms with van der Waals surface area (Å²) in [6, 6.07) is 10.3. The van der Waals surface area contributed by atoms with Gasteiger partial charge in [0.05, 0.1) is 25.5 Å². The molecule has 1 saturated heterocycles. The molecule has 2 aromatic carbocycles. The number of hydrogen-bond acceptors (Lipinski definition) is 10. The highest BCUT2D eigenvalue weighted by Crippen LogP contribution is 2.41. The fourth-order valence-corrected chi connectivity index (χ4v) is 8.56. The molecule has 2 aliphatic rings. The van der Waals surface area contributed by atoms with E-state index in [0.29, 0.717) is 43.5 Å². The smallest absolute Gasteiger partial charge is 0.324 e. The van der Waals surface area contributed by atoms with E-state index in [9.17, 15) is 24.3 Å². The van der Waals surface area contributed by atoms with Crippen LogP contribution in [0.15, 0.2) is 54.9 Å². The van der Waals surface area contributed by atoms with Gasteiger partial charge in [0.1, 0.15) is 23.9 Å². The number of rotatable bonds is 10. The van der Waals surface area contributed by atoms with Gasteiger partial charge in [-0.1, -0.05) is 39.8 Å². The van der Waals surface area contributed by atoms with Crippen molar-refractivity contribution in [3.8, 4) is 28.1 Å². The normalized spacial score (nSPS) is 18.6. The molecule has 0 radical (unpaired) electrons. The number of fused-ring (bicyclic) bond motifs is 6. The van der Waals surface area contributed by atoms with E-state index < -0.39 is 47.2 Å². The highest BCUT2D eigenvalue weighted by molar-refractivity contribution is 5.96. The minimum atomic E-state index is -1.17. The first-order valence-electron chi connectivity index (χ1n) is 20.8. The Kier molecular flexibility index (Phi) is 13.7. The highest BCUT2D eigenvalue weighted by atomic mass is 16.5. The Bertz CT molecular complexity index is 2300. The van der Waals surface area contributed by atoms with Crippen LogP contribution in [-0.2, 0) is 54.6 Å². The molecule has 16 nitrogen and oxygen atoms in total. The van der Waals surface area contributed by atoms with E-state index in [2.05, 4.69) is 58.5 Å². The number of aromatic hydroxyl groups is 1. The third kappa shape index (κ3) is 9.97. The lowest BCUT2D eigenvalue weighted by atomic mass is 9.84. The van der Waals surface area contributed by atoms with E-state index in [1.165, 1.54) is 17.0 Å². The molecule has 326 valence electrons. The van der Waals surface area contributed by atoms with Crippen LogP contribution in [0.2, 0.25) is 0 Å². The molecule has 6 bridgehead atoms. The molecule has 16 heteroatoms. The second-order valence-electron chi connectivity index (χ2n) is 17.1. The first-order chi connectivity index (χ1) is 29.0. The van der Waals surface area contributed by atoms with Gasteiger partial charge in [0.2, 0.25) is 11.8 Å². The van der Waals surface area contributed by atoms with E-state index in [1.54, 1.807) is 39.3 Å². The number of likely N-dealkylation sites (N-methyl/N-ethyl adjacent to an activating group) is 1. The summed E-state index contributed by atoms with van der Waals surface area (Å²) in [4.78, 5) is 61.4. The molecular weight excluding hydrogens is 779 g/mol. The molecule has 0 unspecified atom stereocenters. The van der Waals surface area contributed by atoms with E-state index in [1.807, 2.05) is 24.4 Å². The zero-order valence-electron chi connectivity index (χ0n) is 36.1. The van der Waals surface area contributed by atoms with Crippen molar-refractivity contribution in [3.05, 3.63) is 71.5 Å². The molecule has 2 aromatic heterocycles. The minimum Gasteiger partial charge on any atom is -0.508 e. The van der Waals surface area contributed by atoms with Gasteiger partial charge in [-0.2, -0.15) is 0 Å². The predicted molar refractivity (Wildman–Crippen MR) is 232 cm³/mol. The number of carbonyl (C=O) groups is 4. The Morgan fingerprint density at radius 3 is 2.64 bits per heavy atom. The third-order valence-corrected chi connectivity index (χ3v) is 11.5. The van der Waals surface area contributed by atoms with E-state index >= 15 is 0 Å². The fraction of sp³-hybridized carbons (Fsp3) is 0.467. The van der Waals surface area contributed by atoms with Gasteiger partial charge < -0.3 is 40.4 Å². The van der Waals surface area contributed by atoms with Crippen LogP contribution >= 0.6 is 0 Å². The van der Waals surface area contributed by atoms with E-state index in [0.717, 1.165) is 38.9 Å². The summed E-state index contributed by atoms with van der Waals surface area (Å²) >= 11 is 0. The molecule has 3 atom stereocenters. The van der Waals surface area contributed by atoms with Gasteiger partial charge in [-0.3, -0.25) is 34.6 Å². The van der Waals surface area contributed by atoms with Crippen LogP contribution < -0.4 is 21.8 Å². The first kappa shape index (κ1) is 44.5. The molecular formula is C45H59N9O7. The molecule has 4 heterocycles. The number of nitrogens with two attached hydrogens (primary N) is 1. The summed E-state index contributed by atoms with van der Waals surface area (Å²) in [6.07, 6.45) is 5.10. The van der Waals surface area contributed by atoms with Crippen LogP contribution in [0.4, 0.5) is 0 Å². The summed E-state index contributed by atoms with van der Waals surface area (Å²) in [5.41, 5.74) is 15.1. The number of guanidine groups is 1. The van der Waals surface area contributed by atoms with Crippen LogP contribution in [0, 0.1) is 16.7 Å². The number of ether oxygens (including phenoxy) is 2. The standard InChI is InChI=1S/C45H59N9O7/c1-8-53-37-12-11-28-20-32(37)33(40(53)34-22-48-14-13-29(34)24-60-7)21-45(4,5)25-61-43(59)35-10-9-15-54(51-35)42(58)36(18-27-16-30(28)19-31(55)17-27)50-41(57)39(26(2)3)52(6)38(56)23-49-44(46)47/h11-14,16-17,19-20,22,26,35-36,39,51,55H,8-10,15,18,21,23-25H2,1-7H3,(H,50,57)(H4,46,47,49)/t35-,36-,39-/m0/s1. The van der Waals surface area contributed by atoms with Crippen LogP contribution in [-0.4, -0.2) is 106 Å². The average Bonchev–Trinajstić information content (AvgIpc) is 3.52. The molecule has 7 N–H and O–H groups in total. The van der Waals surface area contributed by atoms with Gasteiger partial charge in [-0.05, 0) is 90.3 Å². The van der Waals surface area contributed by atoms with Crippen molar-refractivity contribution in [3.63, 3.8) is 0 Å². The summed E-state index contributed by atoms with van der Waals surface area (Å²) in [5.74, 6) is -2.79. The van der Waals surface area contributed by atoms with Crippen molar-refractivity contribution in [1.82, 2.24) is 35.5 Å². The summed E-state index contributed by atoms with van der Waals surface area (Å²) in [7, 11) is 3.15. The van der Waals surface area contributed by atoms with Crippen LogP contribution in [0.5, 0.6) is 5.75 Å². The summed E-state index contributed by atoms with van der Waals surface area (Å²) in [5, 5.41) is 26.4. The monoisotopic (exact) mass is 837 g/mol. The molecule has 0 spiro atoms. The van der Waals surface area contributed by atoms with Crippen molar-refractivity contribution in [2.45, 2.75) is 91.6 Å². The Hall–Kier alpha value is -6.00. The lowest BCUT2D eigenvalue weighted by Crippen LogP contribution is -2.62. The number of amides is 3.